The quantitative estimate of drug-likeness (QED) is 0.344. The maximum absolute atomic E-state index is 10.5. The largest absolute Gasteiger partial charge is 0.507 e. The van der Waals surface area contributed by atoms with E-state index in [9.17, 15) is 10.2 Å². The molecule has 0 fully saturated rings. The first kappa shape index (κ1) is 19.3. The Kier molecular flexibility index (Phi) is 5.69. The summed E-state index contributed by atoms with van der Waals surface area (Å²) in [6.07, 6.45) is -0.0393. The summed E-state index contributed by atoms with van der Waals surface area (Å²) in [7, 11) is 0. The maximum atomic E-state index is 10.5. The minimum absolute atomic E-state index is 0.252. The molecular weight excluding hydrogens is 364 g/mol. The van der Waals surface area contributed by atoms with Crippen molar-refractivity contribution in [2.75, 3.05) is 19.7 Å². The predicted octanol–water partition coefficient (Wildman–Crippen LogP) is 3.91. The Hall–Kier alpha value is -3.02. The van der Waals surface area contributed by atoms with Crippen molar-refractivity contribution in [2.24, 2.45) is 0 Å². The van der Waals surface area contributed by atoms with Crippen LogP contribution >= 0.6 is 0 Å². The van der Waals surface area contributed by atoms with Gasteiger partial charge < -0.3 is 25.3 Å². The van der Waals surface area contributed by atoms with Crippen LogP contribution in [-0.2, 0) is 6.42 Å². The molecule has 1 aromatic heterocycles. The molecule has 0 saturated heterocycles. The van der Waals surface area contributed by atoms with Gasteiger partial charge in [0.1, 0.15) is 18.1 Å². The zero-order valence-electron chi connectivity index (χ0n) is 16.5. The summed E-state index contributed by atoms with van der Waals surface area (Å²) >= 11 is 0. The second-order valence-corrected chi connectivity index (χ2v) is 7.34. The molecule has 29 heavy (non-hydrogen) atoms. The fourth-order valence-corrected chi connectivity index (χ4v) is 3.71. The number of aromatic amines is 1. The Morgan fingerprint density at radius 2 is 1.83 bits per heavy atom. The van der Waals surface area contributed by atoms with Crippen LogP contribution in [0, 0.1) is 6.92 Å². The van der Waals surface area contributed by atoms with Gasteiger partial charge in [-0.2, -0.15) is 0 Å². The van der Waals surface area contributed by atoms with Gasteiger partial charge in [-0.15, -0.1) is 0 Å². The lowest BCUT2D eigenvalue weighted by molar-refractivity contribution is 0.169. The number of hydrogen-bond acceptors (Lipinski definition) is 4. The van der Waals surface area contributed by atoms with E-state index in [0.29, 0.717) is 26.1 Å². The van der Waals surface area contributed by atoms with Gasteiger partial charge in [0.2, 0.25) is 0 Å². The first-order valence-electron chi connectivity index (χ1n) is 9.92. The summed E-state index contributed by atoms with van der Waals surface area (Å²) in [4.78, 5) is 3.38. The SMILES string of the molecule is Cc1ccccc1OCCNCC(O)Cc1ccc(O)c2c1[nH]c1ccccc12. The number of aromatic hydroxyl groups is 1. The Morgan fingerprint density at radius 3 is 2.69 bits per heavy atom. The van der Waals surface area contributed by atoms with E-state index in [1.165, 1.54) is 0 Å². The van der Waals surface area contributed by atoms with E-state index >= 15 is 0 Å². The highest BCUT2D eigenvalue weighted by molar-refractivity contribution is 6.11. The second kappa shape index (κ2) is 8.55. The average molecular weight is 390 g/mol. The normalized spacial score (nSPS) is 12.5. The maximum Gasteiger partial charge on any atom is 0.125 e. The van der Waals surface area contributed by atoms with Crippen molar-refractivity contribution in [2.45, 2.75) is 19.4 Å². The molecule has 150 valence electrons. The van der Waals surface area contributed by atoms with Gasteiger partial charge in [0.15, 0.2) is 0 Å². The smallest absolute Gasteiger partial charge is 0.125 e. The number of phenols is 1. The van der Waals surface area contributed by atoms with Crippen molar-refractivity contribution in [1.29, 1.82) is 0 Å². The molecule has 0 amide bonds. The van der Waals surface area contributed by atoms with E-state index in [0.717, 1.165) is 38.7 Å². The summed E-state index contributed by atoms with van der Waals surface area (Å²) < 4.78 is 5.76. The number of H-pyrrole nitrogens is 1. The van der Waals surface area contributed by atoms with Crippen LogP contribution in [0.25, 0.3) is 21.8 Å². The van der Waals surface area contributed by atoms with Crippen LogP contribution in [0.4, 0.5) is 0 Å². The van der Waals surface area contributed by atoms with Crippen molar-refractivity contribution in [3.63, 3.8) is 0 Å². The predicted molar refractivity (Wildman–Crippen MR) is 117 cm³/mol. The van der Waals surface area contributed by atoms with Crippen LogP contribution in [0.15, 0.2) is 60.7 Å². The van der Waals surface area contributed by atoms with Crippen LogP contribution in [0.1, 0.15) is 11.1 Å². The van der Waals surface area contributed by atoms with E-state index in [1.54, 1.807) is 6.07 Å². The Bertz CT molecular complexity index is 1120. The molecule has 0 bridgehead atoms. The molecular formula is C24H26N2O3. The summed E-state index contributed by atoms with van der Waals surface area (Å²) in [5.74, 6) is 1.14. The first-order valence-corrected chi connectivity index (χ1v) is 9.92. The molecule has 0 aliphatic rings. The molecule has 3 aromatic carbocycles. The summed E-state index contributed by atoms with van der Waals surface area (Å²) in [6, 6.07) is 19.4. The van der Waals surface area contributed by atoms with Gasteiger partial charge in [-0.1, -0.05) is 42.5 Å². The Labute approximate surface area is 170 Å². The van der Waals surface area contributed by atoms with Crippen molar-refractivity contribution in [3.05, 3.63) is 71.8 Å². The first-order chi connectivity index (χ1) is 14.1. The van der Waals surface area contributed by atoms with Gasteiger partial charge in [0.05, 0.1) is 11.6 Å². The van der Waals surface area contributed by atoms with Crippen molar-refractivity contribution >= 4 is 21.8 Å². The van der Waals surface area contributed by atoms with Crippen LogP contribution in [0.3, 0.4) is 0 Å². The number of rotatable bonds is 8. The number of ether oxygens (including phenoxy) is 1. The second-order valence-electron chi connectivity index (χ2n) is 7.34. The average Bonchev–Trinajstić information content (AvgIpc) is 3.12. The number of phenolic OH excluding ortho intramolecular Hbond substituents is 1. The van der Waals surface area contributed by atoms with Crippen LogP contribution in [-0.4, -0.2) is 41.0 Å². The van der Waals surface area contributed by atoms with Crippen molar-refractivity contribution in [3.8, 4) is 11.5 Å². The third-order valence-electron chi connectivity index (χ3n) is 5.19. The Morgan fingerprint density at radius 1 is 1.03 bits per heavy atom. The van der Waals surface area contributed by atoms with E-state index < -0.39 is 6.10 Å². The number of aromatic nitrogens is 1. The number of aliphatic hydroxyl groups is 1. The van der Waals surface area contributed by atoms with Gasteiger partial charge in [0.25, 0.3) is 0 Å². The zero-order valence-corrected chi connectivity index (χ0v) is 16.5. The van der Waals surface area contributed by atoms with Crippen LogP contribution in [0.2, 0.25) is 0 Å². The van der Waals surface area contributed by atoms with Crippen molar-refractivity contribution in [1.82, 2.24) is 10.3 Å². The lowest BCUT2D eigenvalue weighted by atomic mass is 10.0. The summed E-state index contributed by atoms with van der Waals surface area (Å²) in [6.45, 7) is 3.69. The molecule has 4 N–H and O–H groups in total. The van der Waals surface area contributed by atoms with Crippen LogP contribution in [0.5, 0.6) is 11.5 Å². The van der Waals surface area contributed by atoms with Gasteiger partial charge in [-0.3, -0.25) is 0 Å². The minimum Gasteiger partial charge on any atom is -0.507 e. The van der Waals surface area contributed by atoms with E-state index in [1.807, 2.05) is 61.5 Å². The molecule has 1 atom stereocenters. The molecule has 0 saturated carbocycles. The molecule has 1 unspecified atom stereocenters. The molecule has 0 spiro atoms. The Balaban J connectivity index is 1.35. The number of fused-ring (bicyclic) bond motifs is 3. The number of aliphatic hydroxyl groups excluding tert-OH is 1. The zero-order chi connectivity index (χ0) is 20.2. The molecule has 0 radical (unpaired) electrons. The third-order valence-corrected chi connectivity index (χ3v) is 5.19. The molecule has 1 heterocycles. The number of para-hydroxylation sites is 2. The number of nitrogens with one attached hydrogen (secondary N) is 2. The molecule has 0 aliphatic carbocycles. The lowest BCUT2D eigenvalue weighted by Gasteiger charge is -2.14. The van der Waals surface area contributed by atoms with Crippen molar-refractivity contribution < 1.29 is 14.9 Å². The minimum atomic E-state index is -0.535. The van der Waals surface area contributed by atoms with E-state index in [2.05, 4.69) is 10.3 Å². The molecule has 4 rings (SSSR count). The molecule has 5 nitrogen and oxygen atoms in total. The highest BCUT2D eigenvalue weighted by Crippen LogP contribution is 2.34. The third kappa shape index (κ3) is 4.21. The molecule has 5 heteroatoms. The van der Waals surface area contributed by atoms with E-state index in [4.69, 9.17) is 4.74 Å². The number of aryl methyl sites for hydroxylation is 1. The summed E-state index contributed by atoms with van der Waals surface area (Å²) in [5, 5.41) is 25.9. The highest BCUT2D eigenvalue weighted by Gasteiger charge is 2.14. The van der Waals surface area contributed by atoms with Gasteiger partial charge in [-0.05, 0) is 36.2 Å². The molecule has 4 aromatic rings. The lowest BCUT2D eigenvalue weighted by Crippen LogP contribution is -2.31. The topological polar surface area (TPSA) is 77.5 Å². The van der Waals surface area contributed by atoms with Gasteiger partial charge in [0, 0.05) is 35.8 Å². The summed E-state index contributed by atoms with van der Waals surface area (Å²) in [5.41, 5.74) is 3.96. The fraction of sp³-hybridized carbons (Fsp3) is 0.250. The van der Waals surface area contributed by atoms with Gasteiger partial charge in [-0.25, -0.2) is 0 Å². The van der Waals surface area contributed by atoms with Crippen LogP contribution < -0.4 is 10.1 Å². The standard InChI is InChI=1S/C24H26N2O3/c1-16-6-2-5-9-22(16)29-13-12-25-15-18(27)14-17-10-11-21(28)23-19-7-3-4-8-20(19)26-24(17)23/h2-11,18,25-28H,12-15H2,1H3. The molecule has 0 aliphatic heterocycles. The highest BCUT2D eigenvalue weighted by atomic mass is 16.5. The number of benzene rings is 3. The number of hydrogen-bond donors (Lipinski definition) is 4. The van der Waals surface area contributed by atoms with Gasteiger partial charge >= 0.3 is 0 Å². The monoisotopic (exact) mass is 390 g/mol. The van der Waals surface area contributed by atoms with E-state index in [-0.39, 0.29) is 5.75 Å². The fourth-order valence-electron chi connectivity index (χ4n) is 3.71.